The van der Waals surface area contributed by atoms with Crippen LogP contribution in [0.3, 0.4) is 0 Å². The summed E-state index contributed by atoms with van der Waals surface area (Å²) in [5.74, 6) is -9.55. The second-order valence-corrected chi connectivity index (χ2v) is 8.40. The molecule has 3 aliphatic carbocycles. The second kappa shape index (κ2) is 7.24. The van der Waals surface area contributed by atoms with Gasteiger partial charge in [-0.2, -0.15) is 0 Å². The van der Waals surface area contributed by atoms with Crippen molar-refractivity contribution in [1.82, 2.24) is 5.32 Å². The van der Waals surface area contributed by atoms with Gasteiger partial charge in [-0.15, -0.1) is 0 Å². The van der Waals surface area contributed by atoms with Gasteiger partial charge in [0.1, 0.15) is 17.4 Å². The highest BCUT2D eigenvalue weighted by Crippen LogP contribution is 2.54. The molecule has 7 atom stereocenters. The van der Waals surface area contributed by atoms with Crippen molar-refractivity contribution in [1.29, 1.82) is 0 Å². The van der Waals surface area contributed by atoms with E-state index in [9.17, 15) is 39.9 Å². The van der Waals surface area contributed by atoms with E-state index in [2.05, 4.69) is 11.9 Å². The molecule has 8 N–H and O–H groups in total. The number of fused-ring (bicyclic) bond motifs is 3. The van der Waals surface area contributed by atoms with Gasteiger partial charge in [0.15, 0.2) is 17.2 Å². The number of aromatic hydroxyl groups is 1. The number of nitrogens with two attached hydrogens (primary N) is 1. The molecular formula is C22H24N2O8. The largest absolute Gasteiger partial charge is 0.508 e. The van der Waals surface area contributed by atoms with Crippen molar-refractivity contribution in [3.05, 3.63) is 47.2 Å². The summed E-state index contributed by atoms with van der Waals surface area (Å²) in [6.45, 7) is 5.81. The van der Waals surface area contributed by atoms with Crippen LogP contribution < -0.4 is 11.1 Å². The predicted molar refractivity (Wildman–Crippen MR) is 110 cm³/mol. The third-order valence-electron chi connectivity index (χ3n) is 6.86. The first-order valence-corrected chi connectivity index (χ1v) is 10.1. The Balaban J connectivity index is 2.02. The zero-order valence-electron chi connectivity index (χ0n) is 17.1. The molecule has 1 amide bonds. The average Bonchev–Trinajstić information content (AvgIpc) is 2.72. The third-order valence-corrected chi connectivity index (χ3v) is 6.86. The Bertz CT molecular complexity index is 1100. The van der Waals surface area contributed by atoms with Gasteiger partial charge in [0.2, 0.25) is 5.91 Å². The minimum absolute atomic E-state index is 0.181. The minimum atomic E-state index is -2.88. The Labute approximate surface area is 182 Å². The van der Waals surface area contributed by atoms with Crippen molar-refractivity contribution in [2.75, 3.05) is 6.54 Å². The van der Waals surface area contributed by atoms with E-state index in [0.717, 1.165) is 0 Å². The number of aliphatic hydroxyl groups is 4. The molecule has 0 spiro atoms. The summed E-state index contributed by atoms with van der Waals surface area (Å²) in [6.07, 6.45) is -3.35. The highest BCUT2D eigenvalue weighted by atomic mass is 16.4. The second-order valence-electron chi connectivity index (χ2n) is 8.40. The number of Topliss-reactive ketones (excluding diaryl/α,β-unsaturated/α-hetero) is 2. The first-order valence-electron chi connectivity index (χ1n) is 10.1. The third kappa shape index (κ3) is 2.58. The highest BCUT2D eigenvalue weighted by Gasteiger charge is 2.68. The van der Waals surface area contributed by atoms with Crippen molar-refractivity contribution < 1.29 is 39.9 Å². The fraction of sp³-hybridized carbons (Fsp3) is 0.409. The summed E-state index contributed by atoms with van der Waals surface area (Å²) >= 11 is 0. The molecule has 0 aromatic heterocycles. The zero-order chi connectivity index (χ0) is 23.7. The van der Waals surface area contributed by atoms with E-state index in [4.69, 9.17) is 5.73 Å². The Hall–Kier alpha value is -3.05. The molecular weight excluding hydrogens is 420 g/mol. The van der Waals surface area contributed by atoms with Crippen LogP contribution in [0.4, 0.5) is 0 Å². The maximum Gasteiger partial charge on any atom is 0.230 e. The number of benzene rings is 1. The fourth-order valence-electron chi connectivity index (χ4n) is 5.46. The van der Waals surface area contributed by atoms with Crippen molar-refractivity contribution in [2.24, 2.45) is 23.5 Å². The summed E-state index contributed by atoms with van der Waals surface area (Å²) in [6, 6.07) is 3.03. The van der Waals surface area contributed by atoms with Gasteiger partial charge >= 0.3 is 0 Å². The molecule has 10 heteroatoms. The van der Waals surface area contributed by atoms with Crippen molar-refractivity contribution in [3.8, 4) is 5.75 Å². The van der Waals surface area contributed by atoms with E-state index in [0.29, 0.717) is 0 Å². The van der Waals surface area contributed by atoms with Crippen LogP contribution in [0.25, 0.3) is 5.57 Å². The van der Waals surface area contributed by atoms with E-state index >= 15 is 0 Å². The van der Waals surface area contributed by atoms with Gasteiger partial charge < -0.3 is 36.6 Å². The highest BCUT2D eigenvalue weighted by molar-refractivity contribution is 6.19. The Morgan fingerprint density at radius 3 is 2.47 bits per heavy atom. The van der Waals surface area contributed by atoms with Crippen LogP contribution in [0.15, 0.2) is 36.1 Å². The first kappa shape index (κ1) is 22.2. The number of phenolic OH excluding ortho intramolecular Hbond substituents is 1. The lowest BCUT2D eigenvalue weighted by molar-refractivity contribution is -0.183. The van der Waals surface area contributed by atoms with Crippen LogP contribution in [0, 0.1) is 17.8 Å². The van der Waals surface area contributed by atoms with E-state index < -0.39 is 76.2 Å². The number of primary amides is 1. The number of amides is 1. The number of ketones is 2. The monoisotopic (exact) mass is 444 g/mol. The minimum Gasteiger partial charge on any atom is -0.508 e. The number of phenols is 1. The SMILES string of the molecule is C=C1c2cccc(O)c2C(=O)C2=C(O)C3(O)C(=O)C(C(N)=O)C(O)C(NCC)C3C(O)C12. The number of carbonyl (C=O) groups is 3. The van der Waals surface area contributed by atoms with E-state index in [1.54, 1.807) is 6.92 Å². The smallest absolute Gasteiger partial charge is 0.230 e. The number of hydrogen-bond donors (Lipinski definition) is 7. The summed E-state index contributed by atoms with van der Waals surface area (Å²) in [4.78, 5) is 38.4. The summed E-state index contributed by atoms with van der Waals surface area (Å²) < 4.78 is 0. The molecule has 1 aromatic carbocycles. The number of hydrogen-bond acceptors (Lipinski definition) is 9. The zero-order valence-corrected chi connectivity index (χ0v) is 17.1. The molecule has 0 heterocycles. The van der Waals surface area contributed by atoms with Gasteiger partial charge in [0, 0.05) is 17.9 Å². The van der Waals surface area contributed by atoms with Crippen molar-refractivity contribution in [2.45, 2.75) is 30.8 Å². The molecule has 4 rings (SSSR count). The Kier molecular flexibility index (Phi) is 5.01. The van der Waals surface area contributed by atoms with E-state index in [-0.39, 0.29) is 23.2 Å². The van der Waals surface area contributed by atoms with Gasteiger partial charge in [0.25, 0.3) is 0 Å². The number of rotatable bonds is 3. The maximum absolute atomic E-state index is 13.3. The summed E-state index contributed by atoms with van der Waals surface area (Å²) in [5.41, 5.74) is 2.15. The van der Waals surface area contributed by atoms with Crippen LogP contribution in [0.5, 0.6) is 5.75 Å². The maximum atomic E-state index is 13.3. The molecule has 10 nitrogen and oxygen atoms in total. The van der Waals surface area contributed by atoms with Crippen LogP contribution in [0.1, 0.15) is 22.8 Å². The van der Waals surface area contributed by atoms with Crippen LogP contribution in [-0.2, 0) is 9.59 Å². The van der Waals surface area contributed by atoms with Crippen LogP contribution in [-0.4, -0.2) is 73.4 Å². The molecule has 0 aliphatic heterocycles. The molecule has 0 saturated heterocycles. The van der Waals surface area contributed by atoms with E-state index in [1.807, 2.05) is 0 Å². The molecule has 0 radical (unpaired) electrons. The Morgan fingerprint density at radius 1 is 1.22 bits per heavy atom. The van der Waals surface area contributed by atoms with Gasteiger partial charge in [0.05, 0.1) is 23.3 Å². The number of likely N-dealkylation sites (N-methyl/N-ethyl adjacent to an activating group) is 1. The van der Waals surface area contributed by atoms with Gasteiger partial charge in [-0.3, -0.25) is 14.4 Å². The average molecular weight is 444 g/mol. The Morgan fingerprint density at radius 2 is 1.88 bits per heavy atom. The quantitative estimate of drug-likeness (QED) is 0.280. The molecule has 1 fully saturated rings. The molecule has 1 aromatic rings. The molecule has 7 unspecified atom stereocenters. The first-order chi connectivity index (χ1) is 15.0. The summed E-state index contributed by atoms with van der Waals surface area (Å²) in [7, 11) is 0. The van der Waals surface area contributed by atoms with Crippen molar-refractivity contribution >= 4 is 23.0 Å². The predicted octanol–water partition coefficient (Wildman–Crippen LogP) is -1.22. The van der Waals surface area contributed by atoms with Crippen LogP contribution >= 0.6 is 0 Å². The van der Waals surface area contributed by atoms with Gasteiger partial charge in [-0.05, 0) is 23.7 Å². The normalized spacial score (nSPS) is 36.4. The number of nitrogens with one attached hydrogen (secondary N) is 1. The standard InChI is InChI=1S/C22H24N2O8/c1-3-24-15-14-17(27)10-7(2)8-5-4-6-9(25)11(8)16(26)12(10)19(29)22(14,32)20(30)13(18(15)28)21(23)31/h4-6,10,13-15,17-18,24-25,27-29,32H,2-3H2,1H3,(H2,23,31). The van der Waals surface area contributed by atoms with Gasteiger partial charge in [-0.1, -0.05) is 25.6 Å². The molecule has 170 valence electrons. The van der Waals surface area contributed by atoms with Crippen molar-refractivity contribution in [3.63, 3.8) is 0 Å². The number of carbonyl (C=O) groups excluding carboxylic acids is 3. The molecule has 32 heavy (non-hydrogen) atoms. The lowest BCUT2D eigenvalue weighted by Crippen LogP contribution is -2.74. The molecule has 0 bridgehead atoms. The van der Waals surface area contributed by atoms with E-state index in [1.165, 1.54) is 18.2 Å². The van der Waals surface area contributed by atoms with Gasteiger partial charge in [-0.25, -0.2) is 0 Å². The molecule has 1 saturated carbocycles. The van der Waals surface area contributed by atoms with Crippen LogP contribution in [0.2, 0.25) is 0 Å². The number of aliphatic hydroxyl groups excluding tert-OH is 3. The lowest BCUT2D eigenvalue weighted by atomic mass is 9.54. The fourth-order valence-corrected chi connectivity index (χ4v) is 5.46. The topological polar surface area (TPSA) is 190 Å². The molecule has 3 aliphatic rings. The lowest BCUT2D eigenvalue weighted by Gasteiger charge is -2.54. The summed E-state index contributed by atoms with van der Waals surface area (Å²) in [5, 5.41) is 57.7.